The molecule has 0 radical (unpaired) electrons. The summed E-state index contributed by atoms with van der Waals surface area (Å²) in [4.78, 5) is 5.00. The highest BCUT2D eigenvalue weighted by Crippen LogP contribution is 2.52. The van der Waals surface area contributed by atoms with Gasteiger partial charge in [-0.2, -0.15) is 0 Å². The molecule has 8 aromatic carbocycles. The van der Waals surface area contributed by atoms with Crippen molar-refractivity contribution in [3.63, 3.8) is 0 Å². The summed E-state index contributed by atoms with van der Waals surface area (Å²) in [5, 5.41) is 8.49. The van der Waals surface area contributed by atoms with Gasteiger partial charge in [-0.25, -0.2) is 0 Å². The van der Waals surface area contributed by atoms with Gasteiger partial charge >= 0.3 is 0 Å². The molecule has 2 aliphatic rings. The Bertz CT molecular complexity index is 2240. The SMILES string of the molecule is c1ccc(N(c2ccccc2)c2ccc3c(C4CCCCC4)cc4c(N(c5ccccc5)c5ccccc5)ccc5c(C6CCCCC6)cc2c3c54)cc1. The van der Waals surface area contributed by atoms with E-state index in [0.29, 0.717) is 11.8 Å². The molecule has 0 aromatic heterocycles. The lowest BCUT2D eigenvalue weighted by atomic mass is 9.76. The highest BCUT2D eigenvalue weighted by atomic mass is 15.1. The van der Waals surface area contributed by atoms with Crippen molar-refractivity contribution in [1.82, 2.24) is 0 Å². The van der Waals surface area contributed by atoms with Crippen LogP contribution in [0, 0.1) is 0 Å². The summed E-state index contributed by atoms with van der Waals surface area (Å²) in [7, 11) is 0. The number of para-hydroxylation sites is 4. The first-order chi connectivity index (χ1) is 26.8. The average molecular weight is 701 g/mol. The van der Waals surface area contributed by atoms with Gasteiger partial charge < -0.3 is 9.80 Å². The van der Waals surface area contributed by atoms with Crippen molar-refractivity contribution < 1.29 is 0 Å². The summed E-state index contributed by atoms with van der Waals surface area (Å²) in [6.45, 7) is 0. The van der Waals surface area contributed by atoms with E-state index in [1.165, 1.54) is 142 Å². The molecule has 2 saturated carbocycles. The van der Waals surface area contributed by atoms with Gasteiger partial charge in [0.1, 0.15) is 0 Å². The van der Waals surface area contributed by atoms with Crippen molar-refractivity contribution in [3.05, 3.63) is 169 Å². The first kappa shape index (κ1) is 33.0. The van der Waals surface area contributed by atoms with E-state index in [0.717, 1.165) is 0 Å². The molecule has 266 valence electrons. The fraction of sp³-hybridized carbons (Fsp3) is 0.231. The summed E-state index contributed by atoms with van der Waals surface area (Å²) in [5.41, 5.74) is 10.3. The third-order valence-electron chi connectivity index (χ3n) is 12.5. The van der Waals surface area contributed by atoms with Gasteiger partial charge in [0.15, 0.2) is 0 Å². The maximum absolute atomic E-state index is 2.64. The largest absolute Gasteiger partial charge is 0.310 e. The molecule has 0 aliphatic heterocycles. The van der Waals surface area contributed by atoms with E-state index in [2.05, 4.69) is 168 Å². The molecule has 0 heterocycles. The maximum Gasteiger partial charge on any atom is 0.0540 e. The second-order valence-electron chi connectivity index (χ2n) is 15.7. The Hall–Kier alpha value is -5.60. The minimum Gasteiger partial charge on any atom is -0.310 e. The average Bonchev–Trinajstić information content (AvgIpc) is 3.25. The zero-order chi connectivity index (χ0) is 35.8. The summed E-state index contributed by atoms with van der Waals surface area (Å²) in [6.07, 6.45) is 13.0. The van der Waals surface area contributed by atoms with Gasteiger partial charge in [0, 0.05) is 33.5 Å². The fourth-order valence-corrected chi connectivity index (χ4v) is 10.1. The number of nitrogens with zero attached hydrogens (tertiary/aromatic N) is 2. The van der Waals surface area contributed by atoms with Crippen molar-refractivity contribution in [3.8, 4) is 0 Å². The van der Waals surface area contributed by atoms with E-state index >= 15 is 0 Å². The van der Waals surface area contributed by atoms with E-state index < -0.39 is 0 Å². The Morgan fingerprint density at radius 3 is 0.944 bits per heavy atom. The molecule has 0 spiro atoms. The summed E-state index contributed by atoms with van der Waals surface area (Å²) >= 11 is 0. The smallest absolute Gasteiger partial charge is 0.0540 e. The molecule has 0 saturated heterocycles. The van der Waals surface area contributed by atoms with E-state index in [9.17, 15) is 0 Å². The number of anilines is 6. The Morgan fingerprint density at radius 2 is 0.630 bits per heavy atom. The van der Waals surface area contributed by atoms with Crippen LogP contribution in [0.4, 0.5) is 34.1 Å². The van der Waals surface area contributed by atoms with Crippen LogP contribution < -0.4 is 9.80 Å². The fourth-order valence-electron chi connectivity index (χ4n) is 10.1. The zero-order valence-electron chi connectivity index (χ0n) is 31.1. The highest BCUT2D eigenvalue weighted by Gasteiger charge is 2.29. The second-order valence-corrected chi connectivity index (χ2v) is 15.7. The molecule has 2 nitrogen and oxygen atoms in total. The van der Waals surface area contributed by atoms with Gasteiger partial charge in [0.2, 0.25) is 0 Å². The molecule has 0 amide bonds. The number of rotatable bonds is 8. The molecule has 8 aromatic rings. The Balaban J connectivity index is 1.35. The third-order valence-corrected chi connectivity index (χ3v) is 12.5. The quantitative estimate of drug-likeness (QED) is 0.146. The lowest BCUT2D eigenvalue weighted by Crippen LogP contribution is -2.13. The molecule has 2 heteroatoms. The van der Waals surface area contributed by atoms with Gasteiger partial charge in [-0.3, -0.25) is 0 Å². The van der Waals surface area contributed by atoms with Crippen LogP contribution in [-0.2, 0) is 0 Å². The van der Waals surface area contributed by atoms with Crippen molar-refractivity contribution >= 4 is 66.4 Å². The topological polar surface area (TPSA) is 6.48 Å². The monoisotopic (exact) mass is 700 g/mol. The molecule has 2 aliphatic carbocycles. The van der Waals surface area contributed by atoms with Crippen molar-refractivity contribution in [1.29, 1.82) is 0 Å². The zero-order valence-corrected chi connectivity index (χ0v) is 31.1. The maximum atomic E-state index is 2.64. The molecular formula is C52H48N2. The molecule has 54 heavy (non-hydrogen) atoms. The minimum absolute atomic E-state index is 0.559. The predicted molar refractivity (Wildman–Crippen MR) is 231 cm³/mol. The normalized spacial score (nSPS) is 15.6. The lowest BCUT2D eigenvalue weighted by Gasteiger charge is -2.33. The Kier molecular flexibility index (Phi) is 8.76. The molecule has 0 atom stereocenters. The summed E-state index contributed by atoms with van der Waals surface area (Å²) in [5.74, 6) is 1.12. The van der Waals surface area contributed by atoms with E-state index in [4.69, 9.17) is 0 Å². The lowest BCUT2D eigenvalue weighted by molar-refractivity contribution is 0.445. The Labute approximate surface area is 320 Å². The van der Waals surface area contributed by atoms with Crippen LogP contribution in [0.15, 0.2) is 158 Å². The first-order valence-corrected chi connectivity index (χ1v) is 20.4. The van der Waals surface area contributed by atoms with Gasteiger partial charge in [0.25, 0.3) is 0 Å². The van der Waals surface area contributed by atoms with Gasteiger partial charge in [0.05, 0.1) is 11.4 Å². The van der Waals surface area contributed by atoms with Crippen molar-refractivity contribution in [2.75, 3.05) is 9.80 Å². The van der Waals surface area contributed by atoms with Crippen LogP contribution in [0.1, 0.15) is 87.2 Å². The van der Waals surface area contributed by atoms with Crippen LogP contribution in [0.3, 0.4) is 0 Å². The van der Waals surface area contributed by atoms with Crippen molar-refractivity contribution in [2.45, 2.75) is 76.0 Å². The number of hydrogen-bond acceptors (Lipinski definition) is 2. The van der Waals surface area contributed by atoms with E-state index in [1.54, 1.807) is 0 Å². The summed E-state index contributed by atoms with van der Waals surface area (Å²) < 4.78 is 0. The van der Waals surface area contributed by atoms with E-state index in [-0.39, 0.29) is 0 Å². The van der Waals surface area contributed by atoms with Crippen molar-refractivity contribution in [2.24, 2.45) is 0 Å². The molecule has 10 rings (SSSR count). The second kappa shape index (κ2) is 14.3. The standard InChI is InChI=1S/C52H48N2/c1-7-19-37(20-8-1)45-35-47-49(53(39-23-11-3-12-24-39)40-25-13-4-14-26-40)34-32-44-46(38-21-9-2-10-22-38)36-48-50(33-31-43(45)51(48)52(44)47)54(41-27-15-5-16-28-41)42-29-17-6-18-30-42/h3-6,11-18,23-38H,1-2,7-10,19-22H2. The van der Waals surface area contributed by atoms with Crippen LogP contribution in [0.2, 0.25) is 0 Å². The molecule has 0 N–H and O–H groups in total. The third kappa shape index (κ3) is 5.80. The van der Waals surface area contributed by atoms with Gasteiger partial charge in [-0.1, -0.05) is 123 Å². The van der Waals surface area contributed by atoms with Crippen LogP contribution in [-0.4, -0.2) is 0 Å². The molecular weight excluding hydrogens is 653 g/mol. The molecule has 0 unspecified atom stereocenters. The molecule has 2 fully saturated rings. The first-order valence-electron chi connectivity index (χ1n) is 20.4. The van der Waals surface area contributed by atoms with Crippen LogP contribution in [0.25, 0.3) is 32.3 Å². The van der Waals surface area contributed by atoms with Gasteiger partial charge in [-0.15, -0.1) is 0 Å². The predicted octanol–water partition coefficient (Wildman–Crippen LogP) is 15.6. The molecule has 0 bridgehead atoms. The Morgan fingerprint density at radius 1 is 0.315 bits per heavy atom. The summed E-state index contributed by atoms with van der Waals surface area (Å²) in [6, 6.07) is 59.1. The van der Waals surface area contributed by atoms with Crippen LogP contribution in [0.5, 0.6) is 0 Å². The van der Waals surface area contributed by atoms with Crippen LogP contribution >= 0.6 is 0 Å². The minimum atomic E-state index is 0.559. The number of hydrogen-bond donors (Lipinski definition) is 0. The highest BCUT2D eigenvalue weighted by molar-refractivity contribution is 6.29. The van der Waals surface area contributed by atoms with E-state index in [1.807, 2.05) is 0 Å². The number of benzene rings is 8. The van der Waals surface area contributed by atoms with Gasteiger partial charge in [-0.05, 0) is 143 Å².